The summed E-state index contributed by atoms with van der Waals surface area (Å²) < 4.78 is 6.69. The van der Waals surface area contributed by atoms with Crippen molar-refractivity contribution in [3.05, 3.63) is 69.5 Å². The predicted octanol–water partition coefficient (Wildman–Crippen LogP) is 6.97. The molecule has 30 heavy (non-hydrogen) atoms. The number of hydrogen-bond acceptors (Lipinski definition) is 4. The fraction of sp³-hybridized carbons (Fsp3) is 0.250. The normalized spacial score (nSPS) is 11.0. The first-order valence-electron chi connectivity index (χ1n) is 10.1. The maximum Gasteiger partial charge on any atom is 0.250 e. The van der Waals surface area contributed by atoms with Gasteiger partial charge in [-0.15, -0.1) is 11.3 Å². The number of unbranched alkanes of at least 4 members (excludes halogenated alkanes) is 1. The van der Waals surface area contributed by atoms with E-state index in [4.69, 9.17) is 4.74 Å². The van der Waals surface area contributed by atoms with Crippen LogP contribution in [0.15, 0.2) is 59.1 Å². The summed E-state index contributed by atoms with van der Waals surface area (Å²) in [5, 5.41) is 3.49. The second kappa shape index (κ2) is 11.1. The van der Waals surface area contributed by atoms with Crippen LogP contribution in [0.4, 0.5) is 5.13 Å². The van der Waals surface area contributed by atoms with E-state index < -0.39 is 0 Å². The van der Waals surface area contributed by atoms with Crippen LogP contribution in [0.5, 0.6) is 5.75 Å². The number of rotatable bonds is 9. The Hall–Kier alpha value is -2.44. The molecule has 4 nitrogen and oxygen atoms in total. The minimum atomic E-state index is -0.197. The molecule has 6 heteroatoms. The van der Waals surface area contributed by atoms with Crippen LogP contribution in [0.2, 0.25) is 0 Å². The Kier molecular flexibility index (Phi) is 8.22. The summed E-state index contributed by atoms with van der Waals surface area (Å²) >= 11 is 4.97. The van der Waals surface area contributed by atoms with Crippen molar-refractivity contribution >= 4 is 44.4 Å². The zero-order valence-corrected chi connectivity index (χ0v) is 19.6. The Labute approximate surface area is 190 Å². The molecule has 0 aliphatic heterocycles. The highest BCUT2D eigenvalue weighted by Crippen LogP contribution is 2.32. The van der Waals surface area contributed by atoms with E-state index in [0.717, 1.165) is 57.8 Å². The molecule has 0 aliphatic carbocycles. The molecule has 1 heterocycles. The Bertz CT molecular complexity index is 995. The van der Waals surface area contributed by atoms with Crippen molar-refractivity contribution in [1.82, 2.24) is 4.98 Å². The lowest BCUT2D eigenvalue weighted by molar-refractivity contribution is -0.111. The quantitative estimate of drug-likeness (QED) is 0.263. The van der Waals surface area contributed by atoms with E-state index in [1.807, 2.05) is 48.5 Å². The molecule has 3 rings (SSSR count). The molecule has 0 radical (unpaired) electrons. The van der Waals surface area contributed by atoms with Gasteiger partial charge in [-0.05, 0) is 48.7 Å². The number of aromatic nitrogens is 1. The first kappa shape index (κ1) is 22.2. The SMILES string of the molecule is CCCCOc1ccc(/C=C/C(=O)Nc2nc(-c3ccc(Br)cc3)c(CC)s2)cc1. The van der Waals surface area contributed by atoms with Gasteiger partial charge in [-0.25, -0.2) is 4.98 Å². The summed E-state index contributed by atoms with van der Waals surface area (Å²) in [7, 11) is 0. The van der Waals surface area contributed by atoms with Gasteiger partial charge in [0.05, 0.1) is 12.3 Å². The number of aryl methyl sites for hydroxylation is 1. The molecule has 1 aromatic heterocycles. The maximum absolute atomic E-state index is 12.4. The third-order valence-corrected chi connectivity index (χ3v) is 6.08. The van der Waals surface area contributed by atoms with Gasteiger partial charge in [0.1, 0.15) is 5.75 Å². The largest absolute Gasteiger partial charge is 0.494 e. The van der Waals surface area contributed by atoms with E-state index in [-0.39, 0.29) is 5.91 Å². The zero-order chi connectivity index (χ0) is 21.3. The predicted molar refractivity (Wildman–Crippen MR) is 129 cm³/mol. The van der Waals surface area contributed by atoms with Crippen LogP contribution in [0.3, 0.4) is 0 Å². The molecule has 3 aromatic rings. The lowest BCUT2D eigenvalue weighted by Gasteiger charge is -2.05. The van der Waals surface area contributed by atoms with Gasteiger partial charge in [-0.3, -0.25) is 10.1 Å². The van der Waals surface area contributed by atoms with E-state index >= 15 is 0 Å². The molecular weight excluding hydrogens is 460 g/mol. The van der Waals surface area contributed by atoms with Crippen LogP contribution >= 0.6 is 27.3 Å². The fourth-order valence-electron chi connectivity index (χ4n) is 2.81. The average molecular weight is 485 g/mol. The van der Waals surface area contributed by atoms with Crippen LogP contribution in [0.25, 0.3) is 17.3 Å². The average Bonchev–Trinajstić information content (AvgIpc) is 3.16. The number of nitrogens with zero attached hydrogens (tertiary/aromatic N) is 1. The van der Waals surface area contributed by atoms with Crippen molar-refractivity contribution < 1.29 is 9.53 Å². The molecule has 0 bridgehead atoms. The molecule has 1 amide bonds. The molecule has 2 aromatic carbocycles. The van der Waals surface area contributed by atoms with E-state index in [1.54, 1.807) is 6.08 Å². The lowest BCUT2D eigenvalue weighted by atomic mass is 10.1. The standard InChI is InChI=1S/C24H25BrN2O2S/c1-3-5-16-29-20-13-6-17(7-14-20)8-15-22(28)26-24-27-23(21(4-2)30-24)18-9-11-19(25)12-10-18/h6-15H,3-5,16H2,1-2H3,(H,26,27,28)/b15-8+. The number of nitrogens with one attached hydrogen (secondary N) is 1. The van der Waals surface area contributed by atoms with E-state index in [0.29, 0.717) is 5.13 Å². The van der Waals surface area contributed by atoms with Crippen molar-refractivity contribution in [2.24, 2.45) is 0 Å². The molecule has 0 unspecified atom stereocenters. The minimum Gasteiger partial charge on any atom is -0.494 e. The number of anilines is 1. The number of carbonyl (C=O) groups excluding carboxylic acids is 1. The van der Waals surface area contributed by atoms with Gasteiger partial charge in [0.15, 0.2) is 5.13 Å². The molecule has 0 atom stereocenters. The molecule has 0 aliphatic rings. The smallest absolute Gasteiger partial charge is 0.250 e. The highest BCUT2D eigenvalue weighted by Gasteiger charge is 2.13. The zero-order valence-electron chi connectivity index (χ0n) is 17.2. The van der Waals surface area contributed by atoms with Crippen molar-refractivity contribution in [2.75, 3.05) is 11.9 Å². The van der Waals surface area contributed by atoms with Gasteiger partial charge in [-0.2, -0.15) is 0 Å². The van der Waals surface area contributed by atoms with E-state index in [9.17, 15) is 4.79 Å². The van der Waals surface area contributed by atoms with Gasteiger partial charge in [0, 0.05) is 21.0 Å². The van der Waals surface area contributed by atoms with Crippen LogP contribution in [0.1, 0.15) is 37.1 Å². The van der Waals surface area contributed by atoms with Crippen LogP contribution in [0, 0.1) is 0 Å². The molecule has 156 valence electrons. The number of ether oxygens (including phenoxy) is 1. The first-order valence-corrected chi connectivity index (χ1v) is 11.7. The molecule has 0 saturated carbocycles. The van der Waals surface area contributed by atoms with Crippen molar-refractivity contribution in [2.45, 2.75) is 33.1 Å². The number of amides is 1. The minimum absolute atomic E-state index is 0.197. The van der Waals surface area contributed by atoms with Crippen LogP contribution < -0.4 is 10.1 Å². The topological polar surface area (TPSA) is 51.2 Å². The molecule has 1 N–H and O–H groups in total. The van der Waals surface area contributed by atoms with E-state index in [1.165, 1.54) is 17.4 Å². The van der Waals surface area contributed by atoms with Crippen LogP contribution in [-0.2, 0) is 11.2 Å². The second-order valence-electron chi connectivity index (χ2n) is 6.74. The van der Waals surface area contributed by atoms with Gasteiger partial charge < -0.3 is 4.74 Å². The second-order valence-corrected chi connectivity index (χ2v) is 8.74. The van der Waals surface area contributed by atoms with Crippen molar-refractivity contribution in [1.29, 1.82) is 0 Å². The third-order valence-electron chi connectivity index (χ3n) is 4.44. The number of carbonyl (C=O) groups is 1. The maximum atomic E-state index is 12.4. The first-order chi connectivity index (χ1) is 14.6. The van der Waals surface area contributed by atoms with Gasteiger partial charge in [-0.1, -0.05) is 60.5 Å². The summed E-state index contributed by atoms with van der Waals surface area (Å²) in [6.45, 7) is 4.96. The highest BCUT2D eigenvalue weighted by molar-refractivity contribution is 9.10. The van der Waals surface area contributed by atoms with E-state index in [2.05, 4.69) is 40.1 Å². The molecule has 0 saturated heterocycles. The molecule has 0 fully saturated rings. The lowest BCUT2D eigenvalue weighted by Crippen LogP contribution is -2.07. The fourth-order valence-corrected chi connectivity index (χ4v) is 4.00. The summed E-state index contributed by atoms with van der Waals surface area (Å²) in [6, 6.07) is 15.8. The molecular formula is C24H25BrN2O2S. The van der Waals surface area contributed by atoms with Crippen molar-refractivity contribution in [3.8, 4) is 17.0 Å². The van der Waals surface area contributed by atoms with Gasteiger partial charge in [0.2, 0.25) is 5.91 Å². The van der Waals surface area contributed by atoms with Crippen LogP contribution in [-0.4, -0.2) is 17.5 Å². The Balaban J connectivity index is 1.62. The van der Waals surface area contributed by atoms with Gasteiger partial charge >= 0.3 is 0 Å². The summed E-state index contributed by atoms with van der Waals surface area (Å²) in [4.78, 5) is 18.1. The third kappa shape index (κ3) is 6.28. The number of thiazole rings is 1. The Morgan fingerprint density at radius 2 is 1.87 bits per heavy atom. The number of halogens is 1. The monoisotopic (exact) mass is 484 g/mol. The summed E-state index contributed by atoms with van der Waals surface area (Å²) in [5.74, 6) is 0.650. The summed E-state index contributed by atoms with van der Waals surface area (Å²) in [5.41, 5.74) is 2.91. The Morgan fingerprint density at radius 3 is 2.53 bits per heavy atom. The van der Waals surface area contributed by atoms with Gasteiger partial charge in [0.25, 0.3) is 0 Å². The van der Waals surface area contributed by atoms with Crippen molar-refractivity contribution in [3.63, 3.8) is 0 Å². The summed E-state index contributed by atoms with van der Waals surface area (Å²) in [6.07, 6.45) is 6.33. The highest BCUT2D eigenvalue weighted by atomic mass is 79.9. The molecule has 0 spiro atoms. The number of benzene rings is 2. The Morgan fingerprint density at radius 1 is 1.13 bits per heavy atom. The number of hydrogen-bond donors (Lipinski definition) is 1.